The first-order chi connectivity index (χ1) is 5.25. The Balaban J connectivity index is 3.12. The highest BCUT2D eigenvalue weighted by molar-refractivity contribution is 6.14. The lowest BCUT2D eigenvalue weighted by Gasteiger charge is -1.99. The monoisotopic (exact) mass is 173 g/mol. The van der Waals surface area contributed by atoms with Crippen molar-refractivity contribution in [2.24, 2.45) is 0 Å². The van der Waals surface area contributed by atoms with Gasteiger partial charge in [-0.2, -0.15) is 0 Å². The van der Waals surface area contributed by atoms with Gasteiger partial charge in [0.05, 0.1) is 0 Å². The number of carboxylic acids is 1. The molecule has 0 unspecified atom stereocenters. The van der Waals surface area contributed by atoms with Crippen LogP contribution in [-0.4, -0.2) is 15.9 Å². The van der Waals surface area contributed by atoms with Gasteiger partial charge in [0.15, 0.2) is 0 Å². The van der Waals surface area contributed by atoms with Crippen molar-refractivity contribution < 1.29 is 14.5 Å². The average molecular weight is 174 g/mol. The SMILES string of the molecule is O=C([O-])c1ncnc[n+]1CCl. The van der Waals surface area contributed by atoms with Crippen LogP contribution >= 0.6 is 11.6 Å². The first-order valence-corrected chi connectivity index (χ1v) is 3.26. The minimum Gasteiger partial charge on any atom is -0.539 e. The minimum absolute atomic E-state index is 0.00977. The summed E-state index contributed by atoms with van der Waals surface area (Å²) in [6.07, 6.45) is 2.39. The van der Waals surface area contributed by atoms with Crippen LogP contribution in [0.2, 0.25) is 0 Å². The number of aromatic nitrogens is 3. The van der Waals surface area contributed by atoms with Crippen molar-refractivity contribution in [2.75, 3.05) is 0 Å². The van der Waals surface area contributed by atoms with E-state index in [1.807, 2.05) is 0 Å². The smallest absolute Gasteiger partial charge is 0.289 e. The summed E-state index contributed by atoms with van der Waals surface area (Å²) in [7, 11) is 0. The van der Waals surface area contributed by atoms with Crippen LogP contribution in [0.5, 0.6) is 0 Å². The van der Waals surface area contributed by atoms with Crippen LogP contribution in [-0.2, 0) is 6.00 Å². The van der Waals surface area contributed by atoms with Gasteiger partial charge in [0.1, 0.15) is 12.0 Å². The van der Waals surface area contributed by atoms with E-state index in [9.17, 15) is 9.90 Å². The molecule has 6 heteroatoms. The molecule has 1 heterocycles. The molecule has 0 saturated heterocycles. The van der Waals surface area contributed by atoms with Crippen molar-refractivity contribution in [1.82, 2.24) is 9.97 Å². The lowest BCUT2D eigenvalue weighted by molar-refractivity contribution is -0.688. The molecule has 0 radical (unpaired) electrons. The molecular weight excluding hydrogens is 170 g/mol. The van der Waals surface area contributed by atoms with Gasteiger partial charge >= 0.3 is 0 Å². The van der Waals surface area contributed by atoms with Gasteiger partial charge in [-0.3, -0.25) is 0 Å². The highest BCUT2D eigenvalue weighted by Crippen LogP contribution is 1.81. The second-order valence-electron chi connectivity index (χ2n) is 1.71. The molecule has 0 bridgehead atoms. The van der Waals surface area contributed by atoms with E-state index < -0.39 is 5.97 Å². The van der Waals surface area contributed by atoms with Gasteiger partial charge in [0.2, 0.25) is 6.33 Å². The predicted octanol–water partition coefficient (Wildman–Crippen LogP) is -1.68. The first kappa shape index (κ1) is 7.87. The van der Waals surface area contributed by atoms with Gasteiger partial charge in [0.25, 0.3) is 12.2 Å². The molecule has 0 aliphatic rings. The summed E-state index contributed by atoms with van der Waals surface area (Å²) in [5.74, 6) is -1.59. The standard InChI is InChI=1S/C5H4ClN3O2/c6-1-9-3-7-2-8-4(9)5(10)11/h2-3H,1H2. The highest BCUT2D eigenvalue weighted by Gasteiger charge is 2.08. The number of alkyl halides is 1. The topological polar surface area (TPSA) is 69.8 Å². The summed E-state index contributed by atoms with van der Waals surface area (Å²) in [5.41, 5.74) is 0. The van der Waals surface area contributed by atoms with Crippen molar-refractivity contribution in [3.8, 4) is 0 Å². The Hall–Kier alpha value is -1.23. The maximum absolute atomic E-state index is 10.3. The number of nitrogens with zero attached hydrogens (tertiary/aromatic N) is 3. The predicted molar refractivity (Wildman–Crippen MR) is 32.4 cm³/mol. The number of halogens is 1. The van der Waals surface area contributed by atoms with Gasteiger partial charge in [-0.05, 0) is 0 Å². The van der Waals surface area contributed by atoms with Gasteiger partial charge < -0.3 is 9.90 Å². The number of rotatable bonds is 2. The molecule has 0 fully saturated rings. The largest absolute Gasteiger partial charge is 0.539 e. The lowest BCUT2D eigenvalue weighted by atomic mass is 10.6. The fourth-order valence-electron chi connectivity index (χ4n) is 0.585. The highest BCUT2D eigenvalue weighted by atomic mass is 35.5. The molecule has 1 rings (SSSR count). The number of aromatic carboxylic acids is 1. The molecule has 0 N–H and O–H groups in total. The molecule has 1 aromatic heterocycles. The van der Waals surface area contributed by atoms with Gasteiger partial charge in [-0.25, -0.2) is 4.57 Å². The zero-order valence-corrected chi connectivity index (χ0v) is 6.15. The molecule has 0 amide bonds. The molecular formula is C5H4ClN3O2. The Labute approximate surface area is 67.3 Å². The van der Waals surface area contributed by atoms with Crippen LogP contribution in [0, 0.1) is 0 Å². The van der Waals surface area contributed by atoms with Crippen LogP contribution in [0.25, 0.3) is 0 Å². The van der Waals surface area contributed by atoms with Crippen molar-refractivity contribution in [2.45, 2.75) is 6.00 Å². The van der Waals surface area contributed by atoms with E-state index in [4.69, 9.17) is 11.6 Å². The number of carbonyl (C=O) groups is 1. The fourth-order valence-corrected chi connectivity index (χ4v) is 0.760. The maximum Gasteiger partial charge on any atom is 0.289 e. The minimum atomic E-state index is -1.37. The third-order valence-corrected chi connectivity index (χ3v) is 1.29. The van der Waals surface area contributed by atoms with Crippen molar-refractivity contribution >= 4 is 17.6 Å². The Morgan fingerprint density at radius 1 is 1.82 bits per heavy atom. The Bertz CT molecular complexity index is 278. The quantitative estimate of drug-likeness (QED) is 0.396. The van der Waals surface area contributed by atoms with E-state index in [2.05, 4.69) is 9.97 Å². The van der Waals surface area contributed by atoms with Crippen LogP contribution < -0.4 is 9.67 Å². The summed E-state index contributed by atoms with van der Waals surface area (Å²) in [6, 6.07) is -0.00977. The molecule has 0 spiro atoms. The zero-order chi connectivity index (χ0) is 8.27. The number of carbonyl (C=O) groups excluding carboxylic acids is 1. The summed E-state index contributed by atoms with van der Waals surface area (Å²) < 4.78 is 1.16. The fraction of sp³-hybridized carbons (Fsp3) is 0.200. The normalized spacial score (nSPS) is 9.55. The maximum atomic E-state index is 10.3. The van der Waals surface area contributed by atoms with E-state index in [0.29, 0.717) is 0 Å². The number of hydrogen-bond acceptors (Lipinski definition) is 4. The summed E-state index contributed by atoms with van der Waals surface area (Å²) in [5, 5.41) is 10.3. The van der Waals surface area contributed by atoms with Crippen molar-refractivity contribution in [3.63, 3.8) is 0 Å². The molecule has 11 heavy (non-hydrogen) atoms. The van der Waals surface area contributed by atoms with Crippen LogP contribution in [0.1, 0.15) is 10.6 Å². The number of carboxylic acid groups (broad SMARTS) is 1. The third kappa shape index (κ3) is 1.62. The Kier molecular flexibility index (Phi) is 2.32. The lowest BCUT2D eigenvalue weighted by Crippen LogP contribution is -2.44. The average Bonchev–Trinajstić information content (AvgIpc) is 2.04. The molecule has 0 atom stereocenters. The second kappa shape index (κ2) is 3.25. The van der Waals surface area contributed by atoms with E-state index in [-0.39, 0.29) is 11.8 Å². The van der Waals surface area contributed by atoms with Crippen LogP contribution in [0.3, 0.4) is 0 Å². The van der Waals surface area contributed by atoms with Crippen molar-refractivity contribution in [1.29, 1.82) is 0 Å². The molecule has 0 saturated carbocycles. The van der Waals surface area contributed by atoms with Gasteiger partial charge in [-0.1, -0.05) is 21.6 Å². The summed E-state index contributed by atoms with van der Waals surface area (Å²) in [4.78, 5) is 17.3. The Morgan fingerprint density at radius 2 is 2.55 bits per heavy atom. The molecule has 1 aromatic rings. The summed E-state index contributed by atoms with van der Waals surface area (Å²) >= 11 is 5.37. The molecule has 0 aromatic carbocycles. The van der Waals surface area contributed by atoms with Crippen molar-refractivity contribution in [3.05, 3.63) is 18.5 Å². The van der Waals surface area contributed by atoms with Gasteiger partial charge in [0, 0.05) is 0 Å². The summed E-state index contributed by atoms with van der Waals surface area (Å²) in [6.45, 7) is 0. The molecule has 0 aliphatic heterocycles. The molecule has 5 nitrogen and oxygen atoms in total. The molecule has 58 valence electrons. The zero-order valence-electron chi connectivity index (χ0n) is 5.40. The van der Waals surface area contributed by atoms with E-state index in [1.165, 1.54) is 6.33 Å². The van der Waals surface area contributed by atoms with Crippen LogP contribution in [0.15, 0.2) is 12.7 Å². The van der Waals surface area contributed by atoms with E-state index >= 15 is 0 Å². The second-order valence-corrected chi connectivity index (χ2v) is 1.95. The molecule has 0 aliphatic carbocycles. The van der Waals surface area contributed by atoms with Crippen LogP contribution in [0.4, 0.5) is 0 Å². The number of hydrogen-bond donors (Lipinski definition) is 0. The van der Waals surface area contributed by atoms with E-state index in [0.717, 1.165) is 10.9 Å². The first-order valence-electron chi connectivity index (χ1n) is 2.72. The third-order valence-electron chi connectivity index (χ3n) is 1.04. The Morgan fingerprint density at radius 3 is 3.00 bits per heavy atom. The van der Waals surface area contributed by atoms with E-state index in [1.54, 1.807) is 0 Å². The van der Waals surface area contributed by atoms with Gasteiger partial charge in [-0.15, -0.1) is 0 Å².